The summed E-state index contributed by atoms with van der Waals surface area (Å²) in [5, 5.41) is 4.60. The summed E-state index contributed by atoms with van der Waals surface area (Å²) in [4.78, 5) is 4.67. The van der Waals surface area contributed by atoms with Crippen molar-refractivity contribution >= 4 is 0 Å². The maximum Gasteiger partial charge on any atom is 0.153 e. The van der Waals surface area contributed by atoms with Gasteiger partial charge in [0.1, 0.15) is 5.82 Å². The van der Waals surface area contributed by atoms with E-state index < -0.39 is 0 Å². The van der Waals surface area contributed by atoms with Crippen LogP contribution in [-0.2, 0) is 24.1 Å². The minimum atomic E-state index is 0.352. The molecule has 1 aromatic rings. The standard InChI is InChI=1S/C13H21N3O/c1-10-5-6-16-13(8-10)14-12(15-16)9-11-4-2-3-7-17-11/h10-11H,2-9H2,1H3. The summed E-state index contributed by atoms with van der Waals surface area (Å²) in [5.41, 5.74) is 0. The van der Waals surface area contributed by atoms with E-state index in [1.165, 1.54) is 31.5 Å². The van der Waals surface area contributed by atoms with Gasteiger partial charge >= 0.3 is 0 Å². The van der Waals surface area contributed by atoms with Crippen molar-refractivity contribution in [1.29, 1.82) is 0 Å². The van der Waals surface area contributed by atoms with Gasteiger partial charge < -0.3 is 4.74 Å². The Bertz CT molecular complexity index is 382. The second-order valence-corrected chi connectivity index (χ2v) is 5.46. The monoisotopic (exact) mass is 235 g/mol. The largest absolute Gasteiger partial charge is 0.378 e. The van der Waals surface area contributed by atoms with Gasteiger partial charge in [0, 0.05) is 26.0 Å². The van der Waals surface area contributed by atoms with Crippen molar-refractivity contribution in [2.75, 3.05) is 6.61 Å². The zero-order valence-electron chi connectivity index (χ0n) is 10.6. The molecule has 2 unspecified atom stereocenters. The van der Waals surface area contributed by atoms with Crippen LogP contribution in [0.1, 0.15) is 44.3 Å². The summed E-state index contributed by atoms with van der Waals surface area (Å²) in [7, 11) is 0. The highest BCUT2D eigenvalue weighted by atomic mass is 16.5. The summed E-state index contributed by atoms with van der Waals surface area (Å²) in [6.07, 6.45) is 7.23. The van der Waals surface area contributed by atoms with E-state index in [-0.39, 0.29) is 0 Å². The smallest absolute Gasteiger partial charge is 0.153 e. The molecule has 1 fully saturated rings. The van der Waals surface area contributed by atoms with Gasteiger partial charge in [0.2, 0.25) is 0 Å². The highest BCUT2D eigenvalue weighted by Crippen LogP contribution is 2.20. The van der Waals surface area contributed by atoms with Crippen LogP contribution < -0.4 is 0 Å². The molecule has 0 radical (unpaired) electrons. The van der Waals surface area contributed by atoms with Crippen molar-refractivity contribution in [3.8, 4) is 0 Å². The van der Waals surface area contributed by atoms with Crippen LogP contribution in [0, 0.1) is 5.92 Å². The highest BCUT2D eigenvalue weighted by molar-refractivity contribution is 4.98. The van der Waals surface area contributed by atoms with Gasteiger partial charge in [0.15, 0.2) is 5.82 Å². The highest BCUT2D eigenvalue weighted by Gasteiger charge is 2.21. The first-order chi connectivity index (χ1) is 8.31. The first-order valence-corrected chi connectivity index (χ1v) is 6.85. The summed E-state index contributed by atoms with van der Waals surface area (Å²) < 4.78 is 7.84. The Labute approximate surface area is 102 Å². The van der Waals surface area contributed by atoms with Gasteiger partial charge in [-0.2, -0.15) is 5.10 Å². The maximum absolute atomic E-state index is 5.75. The molecule has 1 saturated heterocycles. The first kappa shape index (κ1) is 11.2. The van der Waals surface area contributed by atoms with Crippen LogP contribution in [0.25, 0.3) is 0 Å². The summed E-state index contributed by atoms with van der Waals surface area (Å²) >= 11 is 0. The molecule has 2 aliphatic rings. The molecule has 2 aliphatic heterocycles. The molecular weight excluding hydrogens is 214 g/mol. The summed E-state index contributed by atoms with van der Waals surface area (Å²) in [6.45, 7) is 4.24. The SMILES string of the molecule is CC1CCn2nc(CC3CCCCO3)nc2C1. The van der Waals surface area contributed by atoms with E-state index in [2.05, 4.69) is 21.7 Å². The van der Waals surface area contributed by atoms with Gasteiger partial charge in [0.25, 0.3) is 0 Å². The van der Waals surface area contributed by atoms with Crippen molar-refractivity contribution in [2.45, 2.75) is 58.1 Å². The van der Waals surface area contributed by atoms with Crippen molar-refractivity contribution in [3.63, 3.8) is 0 Å². The van der Waals surface area contributed by atoms with Crippen molar-refractivity contribution in [3.05, 3.63) is 11.6 Å². The number of rotatable bonds is 2. The number of hydrogen-bond acceptors (Lipinski definition) is 3. The second-order valence-electron chi connectivity index (χ2n) is 5.46. The molecule has 0 bridgehead atoms. The van der Waals surface area contributed by atoms with Crippen LogP contribution in [0.3, 0.4) is 0 Å². The molecule has 0 aliphatic carbocycles. The predicted molar refractivity (Wildman–Crippen MR) is 64.8 cm³/mol. The Kier molecular flexibility index (Phi) is 3.14. The van der Waals surface area contributed by atoms with Crippen LogP contribution in [0.4, 0.5) is 0 Å². The molecule has 1 aromatic heterocycles. The number of aryl methyl sites for hydroxylation is 1. The van der Waals surface area contributed by atoms with Crippen molar-refractivity contribution in [2.24, 2.45) is 5.92 Å². The van der Waals surface area contributed by atoms with E-state index in [1.54, 1.807) is 0 Å². The fourth-order valence-electron chi connectivity index (χ4n) is 2.77. The molecule has 0 spiro atoms. The lowest BCUT2D eigenvalue weighted by Crippen LogP contribution is -2.22. The average molecular weight is 235 g/mol. The zero-order valence-corrected chi connectivity index (χ0v) is 10.6. The lowest BCUT2D eigenvalue weighted by Gasteiger charge is -2.21. The molecule has 3 rings (SSSR count). The number of aromatic nitrogens is 3. The Hall–Kier alpha value is -0.900. The molecule has 17 heavy (non-hydrogen) atoms. The van der Waals surface area contributed by atoms with Gasteiger partial charge in [-0.25, -0.2) is 9.67 Å². The fourth-order valence-corrected chi connectivity index (χ4v) is 2.77. The van der Waals surface area contributed by atoms with Crippen LogP contribution in [0.5, 0.6) is 0 Å². The van der Waals surface area contributed by atoms with Gasteiger partial charge in [-0.05, 0) is 31.6 Å². The third kappa shape index (κ3) is 2.51. The van der Waals surface area contributed by atoms with Crippen molar-refractivity contribution in [1.82, 2.24) is 14.8 Å². The molecule has 94 valence electrons. The topological polar surface area (TPSA) is 39.9 Å². The van der Waals surface area contributed by atoms with E-state index in [0.717, 1.165) is 37.7 Å². The Morgan fingerprint density at radius 1 is 1.35 bits per heavy atom. The van der Waals surface area contributed by atoms with Gasteiger partial charge in [0.05, 0.1) is 6.10 Å². The van der Waals surface area contributed by atoms with Gasteiger partial charge in [-0.15, -0.1) is 0 Å². The molecule has 0 aromatic carbocycles. The quantitative estimate of drug-likeness (QED) is 0.787. The molecule has 0 amide bonds. The normalized spacial score (nSPS) is 29.0. The minimum absolute atomic E-state index is 0.352. The van der Waals surface area contributed by atoms with E-state index >= 15 is 0 Å². The van der Waals surface area contributed by atoms with Gasteiger partial charge in [-0.3, -0.25) is 0 Å². The average Bonchev–Trinajstić information content (AvgIpc) is 2.71. The molecule has 3 heterocycles. The predicted octanol–water partition coefficient (Wildman–Crippen LogP) is 1.97. The Morgan fingerprint density at radius 2 is 2.29 bits per heavy atom. The van der Waals surface area contributed by atoms with E-state index in [1.807, 2.05) is 0 Å². The third-order valence-electron chi connectivity index (χ3n) is 3.84. The number of ether oxygens (including phenoxy) is 1. The lowest BCUT2D eigenvalue weighted by atomic mass is 10.0. The third-order valence-corrected chi connectivity index (χ3v) is 3.84. The zero-order chi connectivity index (χ0) is 11.7. The number of nitrogens with zero attached hydrogens (tertiary/aromatic N) is 3. The fraction of sp³-hybridized carbons (Fsp3) is 0.846. The second kappa shape index (κ2) is 4.77. The Morgan fingerprint density at radius 3 is 3.12 bits per heavy atom. The van der Waals surface area contributed by atoms with E-state index in [4.69, 9.17) is 4.74 Å². The number of fused-ring (bicyclic) bond motifs is 1. The lowest BCUT2D eigenvalue weighted by molar-refractivity contribution is 0.0156. The molecule has 4 heteroatoms. The van der Waals surface area contributed by atoms with E-state index in [0.29, 0.717) is 6.10 Å². The molecule has 0 N–H and O–H groups in total. The van der Waals surface area contributed by atoms with Crippen LogP contribution in [-0.4, -0.2) is 27.5 Å². The molecule has 0 saturated carbocycles. The van der Waals surface area contributed by atoms with Crippen molar-refractivity contribution < 1.29 is 4.74 Å². The maximum atomic E-state index is 5.75. The van der Waals surface area contributed by atoms with Crippen LogP contribution >= 0.6 is 0 Å². The van der Waals surface area contributed by atoms with Crippen LogP contribution in [0.2, 0.25) is 0 Å². The summed E-state index contributed by atoms with van der Waals surface area (Å²) in [6, 6.07) is 0. The minimum Gasteiger partial charge on any atom is -0.378 e. The molecule has 2 atom stereocenters. The molecule has 4 nitrogen and oxygen atoms in total. The molecular formula is C13H21N3O. The summed E-state index contributed by atoms with van der Waals surface area (Å²) in [5.74, 6) is 2.92. The number of hydrogen-bond donors (Lipinski definition) is 0. The van der Waals surface area contributed by atoms with Crippen LogP contribution in [0.15, 0.2) is 0 Å². The Balaban J connectivity index is 1.67. The van der Waals surface area contributed by atoms with E-state index in [9.17, 15) is 0 Å². The first-order valence-electron chi connectivity index (χ1n) is 6.85. The van der Waals surface area contributed by atoms with Gasteiger partial charge in [-0.1, -0.05) is 6.92 Å².